The van der Waals surface area contributed by atoms with Gasteiger partial charge in [0.1, 0.15) is 5.15 Å². The first kappa shape index (κ1) is 13.8. The molecule has 0 aliphatic rings. The van der Waals surface area contributed by atoms with Crippen molar-refractivity contribution in [2.45, 2.75) is 20.5 Å². The van der Waals surface area contributed by atoms with E-state index < -0.39 is 0 Å². The smallest absolute Gasteiger partial charge is 0.228 e. The van der Waals surface area contributed by atoms with Crippen LogP contribution in [0.25, 0.3) is 0 Å². The highest BCUT2D eigenvalue weighted by Gasteiger charge is 2.10. The molecule has 100 valence electrons. The number of para-hydroxylation sites is 1. The largest absolute Gasteiger partial charge is 0.378 e. The molecule has 0 bridgehead atoms. The summed E-state index contributed by atoms with van der Waals surface area (Å²) in [5.74, 6) is 0.483. The maximum atomic E-state index is 6.11. The zero-order valence-corrected chi connectivity index (χ0v) is 12.0. The van der Waals surface area contributed by atoms with E-state index in [1.807, 2.05) is 38.1 Å². The Morgan fingerprint density at radius 3 is 2.63 bits per heavy atom. The summed E-state index contributed by atoms with van der Waals surface area (Å²) in [6.07, 6.45) is 0. The molecular weight excluding hydrogens is 262 g/mol. The minimum absolute atomic E-state index is 0.413. The number of nitrogens with zero attached hydrogens (tertiary/aromatic N) is 2. The molecule has 0 saturated heterocycles. The maximum absolute atomic E-state index is 6.11. The Hall–Kier alpha value is -1.65. The van der Waals surface area contributed by atoms with Gasteiger partial charge in [-0.1, -0.05) is 29.8 Å². The van der Waals surface area contributed by atoms with Crippen molar-refractivity contribution >= 4 is 23.2 Å². The van der Waals surface area contributed by atoms with Crippen LogP contribution in [0.2, 0.25) is 5.15 Å². The molecule has 0 amide bonds. The number of aryl methyl sites for hydroxylation is 1. The van der Waals surface area contributed by atoms with E-state index in [0.717, 1.165) is 22.5 Å². The number of halogens is 1. The number of benzene rings is 1. The molecule has 1 aromatic carbocycles. The van der Waals surface area contributed by atoms with Gasteiger partial charge in [0.05, 0.1) is 12.3 Å². The molecule has 4 nitrogen and oxygen atoms in total. The van der Waals surface area contributed by atoms with Gasteiger partial charge in [0.2, 0.25) is 5.95 Å². The van der Waals surface area contributed by atoms with E-state index in [4.69, 9.17) is 16.3 Å². The molecule has 2 rings (SSSR count). The van der Waals surface area contributed by atoms with Crippen LogP contribution in [-0.2, 0) is 11.3 Å². The van der Waals surface area contributed by atoms with Crippen molar-refractivity contribution in [2.75, 3.05) is 12.4 Å². The number of hydrogen-bond acceptors (Lipinski definition) is 4. The molecule has 0 saturated carbocycles. The lowest BCUT2D eigenvalue weighted by Crippen LogP contribution is -2.05. The van der Waals surface area contributed by atoms with E-state index >= 15 is 0 Å². The highest BCUT2D eigenvalue weighted by atomic mass is 35.5. The average molecular weight is 278 g/mol. The molecule has 0 radical (unpaired) electrons. The fourth-order valence-electron chi connectivity index (χ4n) is 1.70. The van der Waals surface area contributed by atoms with Crippen LogP contribution in [0.3, 0.4) is 0 Å². The molecule has 1 aromatic heterocycles. The van der Waals surface area contributed by atoms with Gasteiger partial charge in [0.15, 0.2) is 0 Å². The summed E-state index contributed by atoms with van der Waals surface area (Å²) in [6, 6.07) is 7.94. The number of hydrogen-bond donors (Lipinski definition) is 1. The normalized spacial score (nSPS) is 10.5. The predicted octanol–water partition coefficient (Wildman–Crippen LogP) is 3.64. The molecule has 0 atom stereocenters. The number of anilines is 2. The Kier molecular flexibility index (Phi) is 4.35. The second-order valence-electron chi connectivity index (χ2n) is 4.28. The molecule has 0 unspecified atom stereocenters. The van der Waals surface area contributed by atoms with Gasteiger partial charge in [-0.3, -0.25) is 0 Å². The summed E-state index contributed by atoms with van der Waals surface area (Å²) in [7, 11) is 1.63. The topological polar surface area (TPSA) is 47.0 Å². The van der Waals surface area contributed by atoms with Gasteiger partial charge >= 0.3 is 0 Å². The monoisotopic (exact) mass is 277 g/mol. The van der Waals surface area contributed by atoms with E-state index in [2.05, 4.69) is 15.3 Å². The van der Waals surface area contributed by atoms with E-state index in [-0.39, 0.29) is 0 Å². The number of ether oxygens (including phenoxy) is 1. The molecule has 0 spiro atoms. The summed E-state index contributed by atoms with van der Waals surface area (Å²) < 4.78 is 5.12. The molecule has 0 aliphatic carbocycles. The predicted molar refractivity (Wildman–Crippen MR) is 77.0 cm³/mol. The minimum Gasteiger partial charge on any atom is -0.378 e. The Labute approximate surface area is 117 Å². The SMILES string of the molecule is COCc1nc(Nc2ccccc2C)nc(Cl)c1C. The lowest BCUT2D eigenvalue weighted by molar-refractivity contribution is 0.181. The van der Waals surface area contributed by atoms with Crippen LogP contribution < -0.4 is 5.32 Å². The number of aromatic nitrogens is 2. The average Bonchev–Trinajstić information content (AvgIpc) is 2.38. The van der Waals surface area contributed by atoms with E-state index in [1.54, 1.807) is 7.11 Å². The Morgan fingerprint density at radius 2 is 1.95 bits per heavy atom. The van der Waals surface area contributed by atoms with Crippen LogP contribution in [0.5, 0.6) is 0 Å². The summed E-state index contributed by atoms with van der Waals surface area (Å²) in [5.41, 5.74) is 3.72. The maximum Gasteiger partial charge on any atom is 0.228 e. The van der Waals surface area contributed by atoms with Gasteiger partial charge in [-0.25, -0.2) is 9.97 Å². The molecule has 1 N–H and O–H groups in total. The van der Waals surface area contributed by atoms with Gasteiger partial charge in [-0.05, 0) is 25.5 Å². The fraction of sp³-hybridized carbons (Fsp3) is 0.286. The summed E-state index contributed by atoms with van der Waals surface area (Å²) >= 11 is 6.11. The van der Waals surface area contributed by atoms with Gasteiger partial charge in [-0.2, -0.15) is 0 Å². The quantitative estimate of drug-likeness (QED) is 0.867. The second kappa shape index (κ2) is 5.99. The van der Waals surface area contributed by atoms with Crippen molar-refractivity contribution < 1.29 is 4.74 Å². The number of nitrogens with one attached hydrogen (secondary N) is 1. The van der Waals surface area contributed by atoms with Gasteiger partial charge < -0.3 is 10.1 Å². The zero-order valence-electron chi connectivity index (χ0n) is 11.2. The first-order chi connectivity index (χ1) is 9.11. The minimum atomic E-state index is 0.413. The third-order valence-electron chi connectivity index (χ3n) is 2.86. The van der Waals surface area contributed by atoms with Crippen LogP contribution in [0.15, 0.2) is 24.3 Å². The Balaban J connectivity index is 2.33. The molecule has 0 aliphatic heterocycles. The van der Waals surface area contributed by atoms with Crippen molar-refractivity contribution in [1.82, 2.24) is 9.97 Å². The molecule has 2 aromatic rings. The van der Waals surface area contributed by atoms with Crippen molar-refractivity contribution in [1.29, 1.82) is 0 Å². The lowest BCUT2D eigenvalue weighted by Gasteiger charge is -2.11. The fourth-order valence-corrected chi connectivity index (χ4v) is 1.89. The molecule has 0 fully saturated rings. The molecule has 19 heavy (non-hydrogen) atoms. The first-order valence-corrected chi connectivity index (χ1v) is 6.34. The Morgan fingerprint density at radius 1 is 1.21 bits per heavy atom. The summed E-state index contributed by atoms with van der Waals surface area (Å²) in [6.45, 7) is 4.32. The van der Waals surface area contributed by atoms with Gasteiger partial charge in [-0.15, -0.1) is 0 Å². The second-order valence-corrected chi connectivity index (χ2v) is 4.64. The van der Waals surface area contributed by atoms with Crippen LogP contribution in [0.4, 0.5) is 11.6 Å². The van der Waals surface area contributed by atoms with Crippen LogP contribution in [0.1, 0.15) is 16.8 Å². The van der Waals surface area contributed by atoms with E-state index in [1.165, 1.54) is 0 Å². The Bertz CT molecular complexity index is 587. The van der Waals surface area contributed by atoms with E-state index in [0.29, 0.717) is 17.7 Å². The zero-order chi connectivity index (χ0) is 13.8. The highest BCUT2D eigenvalue weighted by molar-refractivity contribution is 6.30. The summed E-state index contributed by atoms with van der Waals surface area (Å²) in [4.78, 5) is 8.67. The van der Waals surface area contributed by atoms with Gasteiger partial charge in [0, 0.05) is 18.4 Å². The van der Waals surface area contributed by atoms with Crippen LogP contribution >= 0.6 is 11.6 Å². The van der Waals surface area contributed by atoms with Crippen LogP contribution in [0, 0.1) is 13.8 Å². The van der Waals surface area contributed by atoms with Crippen molar-refractivity contribution in [3.63, 3.8) is 0 Å². The lowest BCUT2D eigenvalue weighted by atomic mass is 10.2. The highest BCUT2D eigenvalue weighted by Crippen LogP contribution is 2.22. The van der Waals surface area contributed by atoms with Crippen LogP contribution in [-0.4, -0.2) is 17.1 Å². The van der Waals surface area contributed by atoms with Crippen molar-refractivity contribution in [3.8, 4) is 0 Å². The standard InChI is InChI=1S/C14H16ClN3O/c1-9-6-4-5-7-11(9)16-14-17-12(8-19-3)10(2)13(15)18-14/h4-7H,8H2,1-3H3,(H,16,17,18). The first-order valence-electron chi connectivity index (χ1n) is 5.96. The summed E-state index contributed by atoms with van der Waals surface area (Å²) in [5, 5.41) is 3.62. The molecule has 1 heterocycles. The molecule has 5 heteroatoms. The number of rotatable bonds is 4. The number of methoxy groups -OCH3 is 1. The third-order valence-corrected chi connectivity index (χ3v) is 3.23. The molecular formula is C14H16ClN3O. The van der Waals surface area contributed by atoms with Gasteiger partial charge in [0.25, 0.3) is 0 Å². The third kappa shape index (κ3) is 3.22. The van der Waals surface area contributed by atoms with E-state index in [9.17, 15) is 0 Å². The van der Waals surface area contributed by atoms with Crippen molar-refractivity contribution in [2.24, 2.45) is 0 Å². The van der Waals surface area contributed by atoms with Crippen molar-refractivity contribution in [3.05, 3.63) is 46.2 Å².